The molecular weight excluding hydrogens is 573 g/mol. The van der Waals surface area contributed by atoms with Crippen LogP contribution in [0.1, 0.15) is 73.8 Å². The molecule has 43 heavy (non-hydrogen) atoms. The van der Waals surface area contributed by atoms with Crippen LogP contribution < -0.4 is 20.1 Å². The first-order valence-corrected chi connectivity index (χ1v) is 15.7. The molecule has 1 fully saturated rings. The Labute approximate surface area is 260 Å². The molecule has 0 aliphatic carbocycles. The molecule has 2 aliphatic heterocycles. The van der Waals surface area contributed by atoms with Crippen LogP contribution in [0.25, 0.3) is 0 Å². The molecule has 2 atom stereocenters. The van der Waals surface area contributed by atoms with Gasteiger partial charge in [-0.15, -0.1) is 31.5 Å². The highest BCUT2D eigenvalue weighted by atomic mass is 32.2. The SMILES string of the molecule is C=CC(C)/C(C)=C/C1=NCN(c2ccc(OC(F)(F)F)cc2)N1.CC.CC.CC(C)c1ccccc1N1C(=O)CS[C@@H]1C. The van der Waals surface area contributed by atoms with Crippen molar-refractivity contribution in [1.82, 2.24) is 5.43 Å². The van der Waals surface area contributed by atoms with Crippen molar-refractivity contribution in [3.8, 4) is 5.75 Å². The van der Waals surface area contributed by atoms with Gasteiger partial charge in [-0.1, -0.05) is 78.3 Å². The van der Waals surface area contributed by atoms with E-state index in [1.165, 1.54) is 29.8 Å². The summed E-state index contributed by atoms with van der Waals surface area (Å²) in [5.41, 5.74) is 7.24. The number of anilines is 2. The smallest absolute Gasteiger partial charge is 0.406 e. The maximum atomic E-state index is 12.1. The van der Waals surface area contributed by atoms with Crippen molar-refractivity contribution in [1.29, 1.82) is 0 Å². The molecule has 1 N–H and O–H groups in total. The molecule has 1 amide bonds. The van der Waals surface area contributed by atoms with Gasteiger partial charge in [0.25, 0.3) is 0 Å². The topological polar surface area (TPSA) is 57.2 Å². The first-order chi connectivity index (χ1) is 20.4. The van der Waals surface area contributed by atoms with Crippen LogP contribution in [0.3, 0.4) is 0 Å². The van der Waals surface area contributed by atoms with Crippen molar-refractivity contribution in [3.63, 3.8) is 0 Å². The number of amidine groups is 1. The van der Waals surface area contributed by atoms with Crippen LogP contribution in [0.2, 0.25) is 0 Å². The van der Waals surface area contributed by atoms with E-state index >= 15 is 0 Å². The van der Waals surface area contributed by atoms with Crippen molar-refractivity contribution in [3.05, 3.63) is 78.4 Å². The molecule has 0 saturated carbocycles. The average Bonchev–Trinajstić information content (AvgIpc) is 3.60. The van der Waals surface area contributed by atoms with Gasteiger partial charge in [0, 0.05) is 5.69 Å². The maximum absolute atomic E-state index is 12.1. The minimum atomic E-state index is -4.69. The van der Waals surface area contributed by atoms with E-state index < -0.39 is 6.36 Å². The lowest BCUT2D eigenvalue weighted by molar-refractivity contribution is -0.274. The molecule has 2 heterocycles. The van der Waals surface area contributed by atoms with Crippen LogP contribution in [0.5, 0.6) is 5.75 Å². The van der Waals surface area contributed by atoms with Crippen molar-refractivity contribution in [2.24, 2.45) is 10.9 Å². The fraction of sp³-hybridized carbons (Fsp3) is 0.455. The molecule has 0 spiro atoms. The van der Waals surface area contributed by atoms with E-state index in [1.807, 2.05) is 70.7 Å². The minimum Gasteiger partial charge on any atom is -0.406 e. The van der Waals surface area contributed by atoms with Gasteiger partial charge in [0.15, 0.2) is 0 Å². The number of carbonyl (C=O) groups excluding carboxylic acids is 1. The van der Waals surface area contributed by atoms with Crippen LogP contribution in [-0.4, -0.2) is 35.9 Å². The number of ether oxygens (including phenoxy) is 1. The van der Waals surface area contributed by atoms with Crippen molar-refractivity contribution in [2.75, 3.05) is 22.3 Å². The Morgan fingerprint density at radius 1 is 1.09 bits per heavy atom. The van der Waals surface area contributed by atoms with Gasteiger partial charge in [-0.3, -0.25) is 20.1 Å². The third-order valence-electron chi connectivity index (χ3n) is 6.35. The van der Waals surface area contributed by atoms with Gasteiger partial charge in [-0.05, 0) is 67.7 Å². The monoisotopic (exact) mass is 620 g/mol. The molecule has 2 aromatic rings. The molecular formula is C33H47F3N4O2S. The van der Waals surface area contributed by atoms with Crippen LogP contribution in [0.4, 0.5) is 24.5 Å². The summed E-state index contributed by atoms with van der Waals surface area (Å²) in [5.74, 6) is 1.97. The van der Waals surface area contributed by atoms with E-state index in [9.17, 15) is 18.0 Å². The zero-order valence-electron chi connectivity index (χ0n) is 26.8. The molecule has 2 aliphatic rings. The minimum absolute atomic E-state index is 0.227. The predicted molar refractivity (Wildman–Crippen MR) is 177 cm³/mol. The molecule has 1 unspecified atom stereocenters. The number of benzene rings is 2. The van der Waals surface area contributed by atoms with Gasteiger partial charge in [0.2, 0.25) is 5.91 Å². The number of nitrogens with zero attached hydrogens (tertiary/aromatic N) is 3. The molecule has 0 bridgehead atoms. The average molecular weight is 621 g/mol. The molecule has 1 saturated heterocycles. The highest BCUT2D eigenvalue weighted by Gasteiger charge is 2.32. The first kappa shape index (κ1) is 37.6. The van der Waals surface area contributed by atoms with Gasteiger partial charge in [-0.2, -0.15) is 0 Å². The number of hydrogen-bond donors (Lipinski definition) is 1. The van der Waals surface area contributed by atoms with Crippen molar-refractivity contribution in [2.45, 2.75) is 80.0 Å². The number of aliphatic imine (C=N–C) groups is 1. The number of hydrogen-bond acceptors (Lipinski definition) is 6. The summed E-state index contributed by atoms with van der Waals surface area (Å²) in [6.45, 7) is 22.6. The summed E-state index contributed by atoms with van der Waals surface area (Å²) in [4.78, 5) is 18.1. The second kappa shape index (κ2) is 18.3. The number of para-hydroxylation sites is 1. The summed E-state index contributed by atoms with van der Waals surface area (Å²) in [7, 11) is 0. The Kier molecular flexibility index (Phi) is 16.0. The number of rotatable bonds is 7. The van der Waals surface area contributed by atoms with Crippen LogP contribution in [-0.2, 0) is 4.79 Å². The van der Waals surface area contributed by atoms with Crippen molar-refractivity contribution >= 4 is 34.9 Å². The Balaban J connectivity index is 0.000000404. The number of carbonyl (C=O) groups is 1. The van der Waals surface area contributed by atoms with Gasteiger partial charge in [0.05, 0.1) is 16.8 Å². The van der Waals surface area contributed by atoms with Crippen molar-refractivity contribution < 1.29 is 22.7 Å². The Bertz CT molecular complexity index is 1210. The van der Waals surface area contributed by atoms with Crippen LogP contribution in [0.15, 0.2) is 77.8 Å². The Morgan fingerprint density at radius 2 is 1.70 bits per heavy atom. The lowest BCUT2D eigenvalue weighted by Gasteiger charge is -2.25. The second-order valence-electron chi connectivity index (χ2n) is 9.57. The Hall–Kier alpha value is -3.40. The normalized spacial score (nSPS) is 17.0. The third-order valence-corrected chi connectivity index (χ3v) is 7.46. The summed E-state index contributed by atoms with van der Waals surface area (Å²) in [5, 5.41) is 1.99. The highest BCUT2D eigenvalue weighted by Crippen LogP contribution is 2.35. The van der Waals surface area contributed by atoms with E-state index in [-0.39, 0.29) is 22.9 Å². The molecule has 0 radical (unpaired) electrons. The van der Waals surface area contributed by atoms with E-state index in [2.05, 4.69) is 54.6 Å². The molecule has 0 aromatic heterocycles. The van der Waals surface area contributed by atoms with Crippen LogP contribution >= 0.6 is 11.8 Å². The quantitative estimate of drug-likeness (QED) is 0.313. The number of alkyl halides is 3. The molecule has 4 rings (SSSR count). The lowest BCUT2D eigenvalue weighted by Crippen LogP contribution is -2.35. The first-order valence-electron chi connectivity index (χ1n) is 14.7. The van der Waals surface area contributed by atoms with Gasteiger partial charge in [0.1, 0.15) is 18.3 Å². The van der Waals surface area contributed by atoms with Gasteiger partial charge >= 0.3 is 6.36 Å². The molecule has 10 heteroatoms. The highest BCUT2D eigenvalue weighted by molar-refractivity contribution is 8.01. The van der Waals surface area contributed by atoms with E-state index in [4.69, 9.17) is 0 Å². The summed E-state index contributed by atoms with van der Waals surface area (Å²) >= 11 is 1.71. The van der Waals surface area contributed by atoms with E-state index in [0.29, 0.717) is 29.9 Å². The summed E-state index contributed by atoms with van der Waals surface area (Å²) in [6.07, 6.45) is -0.917. The number of nitrogens with one attached hydrogen (secondary N) is 1. The lowest BCUT2D eigenvalue weighted by atomic mass is 10.0. The number of halogens is 3. The maximum Gasteiger partial charge on any atom is 0.573 e. The van der Waals surface area contributed by atoms with E-state index in [1.54, 1.807) is 16.8 Å². The predicted octanol–water partition coefficient (Wildman–Crippen LogP) is 9.32. The van der Waals surface area contributed by atoms with Gasteiger partial charge < -0.3 is 4.74 Å². The number of thioether (sulfide) groups is 1. The number of allylic oxidation sites excluding steroid dienone is 2. The molecule has 2 aromatic carbocycles. The summed E-state index contributed by atoms with van der Waals surface area (Å²) in [6, 6.07) is 13.8. The van der Waals surface area contributed by atoms with Crippen LogP contribution in [0, 0.1) is 5.92 Å². The van der Waals surface area contributed by atoms with Gasteiger partial charge in [-0.25, -0.2) is 4.99 Å². The third kappa shape index (κ3) is 11.7. The largest absolute Gasteiger partial charge is 0.573 e. The number of hydrazine groups is 1. The summed E-state index contributed by atoms with van der Waals surface area (Å²) < 4.78 is 40.2. The number of amides is 1. The molecule has 238 valence electrons. The zero-order chi connectivity index (χ0) is 32.7. The fourth-order valence-electron chi connectivity index (χ4n) is 4.00. The zero-order valence-corrected chi connectivity index (χ0v) is 27.6. The standard InChI is InChI=1S/C16H18F3N3O.C13H17NOS.2C2H6/c1-4-11(2)12(3)9-15-20-10-22(21-15)13-5-7-14(8-6-13)23-16(17,18)19;1-9(2)11-6-4-5-7-12(11)14-10(3)16-8-13(14)15;2*1-2/h4-9,11H,1,10H2,2-3H3,(H,20,21);4-7,9-10H,8H2,1-3H3;2*1-2H3/b12-9+;;;/t;10-;;/m.1../s1. The Morgan fingerprint density at radius 3 is 2.21 bits per heavy atom. The second-order valence-corrected chi connectivity index (χ2v) is 10.9. The van der Waals surface area contributed by atoms with E-state index in [0.717, 1.165) is 11.3 Å². The fourth-order valence-corrected chi connectivity index (χ4v) is 4.91. The molecule has 6 nitrogen and oxygen atoms in total.